The Labute approximate surface area is 138 Å². The lowest BCUT2D eigenvalue weighted by atomic mass is 10.00. The van der Waals surface area contributed by atoms with Gasteiger partial charge in [-0.05, 0) is 0 Å². The Bertz CT molecular complexity index is 521. The minimum atomic E-state index is -7.14. The molecule has 0 radical (unpaired) electrons. The molecule has 6 atom stereocenters. The number of alkyl halides is 9. The average Bonchev–Trinajstić information content (AvgIpc) is 2.95. The largest absolute Gasteiger partial charge is 0.460 e. The van der Waals surface area contributed by atoms with Crippen LogP contribution >= 0.6 is 0 Å². The summed E-state index contributed by atoms with van der Waals surface area (Å²) >= 11 is 0. The summed E-state index contributed by atoms with van der Waals surface area (Å²) in [5.74, 6) is -20.3. The average molecular weight is 410 g/mol. The second-order valence-electron chi connectivity index (χ2n) is 5.54. The second-order valence-corrected chi connectivity index (χ2v) is 5.54. The van der Waals surface area contributed by atoms with Gasteiger partial charge in [-0.15, -0.1) is 0 Å². The highest BCUT2D eigenvalue weighted by atomic mass is 19.4. The van der Waals surface area contributed by atoms with E-state index in [0.29, 0.717) is 0 Å². The van der Waals surface area contributed by atoms with Gasteiger partial charge in [-0.25, -0.2) is 0 Å². The van der Waals surface area contributed by atoms with Crippen LogP contribution in [0.2, 0.25) is 0 Å². The van der Waals surface area contributed by atoms with E-state index in [9.17, 15) is 49.7 Å². The molecule has 0 aromatic heterocycles. The van der Waals surface area contributed by atoms with Gasteiger partial charge < -0.3 is 29.5 Å². The van der Waals surface area contributed by atoms with Crippen LogP contribution < -0.4 is 0 Å². The highest BCUT2D eigenvalue weighted by molar-refractivity contribution is 5.05. The van der Waals surface area contributed by atoms with E-state index >= 15 is 0 Å². The summed E-state index contributed by atoms with van der Waals surface area (Å²) in [5.41, 5.74) is 0. The van der Waals surface area contributed by atoms with Gasteiger partial charge in [-0.3, -0.25) is 0 Å². The number of aliphatic hydroxyl groups excluding tert-OH is 3. The molecule has 0 amide bonds. The minimum Gasteiger partial charge on any atom is -0.394 e. The smallest absolute Gasteiger partial charge is 0.394 e. The van der Waals surface area contributed by atoms with E-state index in [4.69, 9.17) is 5.11 Å². The molecular formula is C11H11F9O6. The summed E-state index contributed by atoms with van der Waals surface area (Å²) in [7, 11) is 0. The molecular weight excluding hydrogens is 399 g/mol. The van der Waals surface area contributed by atoms with Gasteiger partial charge in [0.05, 0.1) is 6.61 Å². The maximum atomic E-state index is 13.8. The summed E-state index contributed by atoms with van der Waals surface area (Å²) < 4.78 is 129. The fraction of sp³-hybridized carbons (Fsp3) is 1.00. The first-order valence-corrected chi connectivity index (χ1v) is 6.73. The Morgan fingerprint density at radius 3 is 1.69 bits per heavy atom. The molecule has 2 aliphatic heterocycles. The number of hydrogen-bond acceptors (Lipinski definition) is 6. The fourth-order valence-electron chi connectivity index (χ4n) is 2.40. The van der Waals surface area contributed by atoms with E-state index in [-0.39, 0.29) is 0 Å². The maximum absolute atomic E-state index is 13.8. The van der Waals surface area contributed by atoms with Crippen molar-refractivity contribution in [1.82, 2.24) is 0 Å². The molecule has 2 fully saturated rings. The summed E-state index contributed by atoms with van der Waals surface area (Å²) in [4.78, 5) is 0. The van der Waals surface area contributed by atoms with Crippen molar-refractivity contribution in [3.8, 4) is 0 Å². The summed E-state index contributed by atoms with van der Waals surface area (Å²) in [6.45, 7) is -1.07. The number of rotatable bonds is 4. The Morgan fingerprint density at radius 2 is 1.23 bits per heavy atom. The minimum absolute atomic E-state index is 1.07. The molecule has 15 heteroatoms. The van der Waals surface area contributed by atoms with Crippen LogP contribution in [0.4, 0.5) is 39.5 Å². The van der Waals surface area contributed by atoms with Crippen LogP contribution in [0, 0.1) is 0 Å². The lowest BCUT2D eigenvalue weighted by Gasteiger charge is -2.36. The van der Waals surface area contributed by atoms with Crippen molar-refractivity contribution in [2.75, 3.05) is 6.61 Å². The quantitative estimate of drug-likeness (QED) is 0.590. The molecule has 0 saturated carbocycles. The lowest BCUT2D eigenvalue weighted by Crippen LogP contribution is -2.64. The monoisotopic (exact) mass is 410 g/mol. The topological polar surface area (TPSA) is 88.4 Å². The van der Waals surface area contributed by atoms with Crippen LogP contribution in [-0.2, 0) is 14.2 Å². The van der Waals surface area contributed by atoms with E-state index in [2.05, 4.69) is 14.2 Å². The molecule has 154 valence electrons. The molecule has 26 heavy (non-hydrogen) atoms. The number of aliphatic hydroxyl groups is 3. The molecule has 6 nitrogen and oxygen atoms in total. The van der Waals surface area contributed by atoms with Crippen molar-refractivity contribution in [3.05, 3.63) is 0 Å². The van der Waals surface area contributed by atoms with Crippen molar-refractivity contribution in [2.45, 2.75) is 60.9 Å². The number of ether oxygens (including phenoxy) is 3. The highest BCUT2D eigenvalue weighted by Gasteiger charge is 2.84. The third-order valence-corrected chi connectivity index (χ3v) is 3.84. The zero-order chi connectivity index (χ0) is 20.3. The van der Waals surface area contributed by atoms with E-state index in [1.807, 2.05) is 0 Å². The number of hydrogen-bond donors (Lipinski definition) is 3. The Balaban J connectivity index is 2.33. The van der Waals surface area contributed by atoms with Crippen LogP contribution in [-0.4, -0.2) is 82.9 Å². The molecule has 3 N–H and O–H groups in total. The van der Waals surface area contributed by atoms with Crippen LogP contribution in [0.15, 0.2) is 0 Å². The molecule has 0 bridgehead atoms. The molecule has 1 unspecified atom stereocenters. The Kier molecular flexibility index (Phi) is 5.22. The third-order valence-electron chi connectivity index (χ3n) is 3.84. The molecule has 0 aromatic rings. The first-order valence-electron chi connectivity index (χ1n) is 6.73. The molecule has 0 spiro atoms. The van der Waals surface area contributed by atoms with E-state index in [1.165, 1.54) is 0 Å². The van der Waals surface area contributed by atoms with Crippen LogP contribution in [0.5, 0.6) is 0 Å². The molecule has 0 aliphatic carbocycles. The van der Waals surface area contributed by atoms with Crippen molar-refractivity contribution in [1.29, 1.82) is 0 Å². The van der Waals surface area contributed by atoms with Gasteiger partial charge in [0, 0.05) is 0 Å². The van der Waals surface area contributed by atoms with Gasteiger partial charge in [0.25, 0.3) is 0 Å². The van der Waals surface area contributed by atoms with Crippen molar-refractivity contribution >= 4 is 0 Å². The Morgan fingerprint density at radius 1 is 0.731 bits per heavy atom. The van der Waals surface area contributed by atoms with Crippen molar-refractivity contribution in [2.24, 2.45) is 0 Å². The number of halogens is 9. The predicted molar refractivity (Wildman–Crippen MR) is 58.4 cm³/mol. The first-order chi connectivity index (χ1) is 11.6. The molecule has 0 aromatic carbocycles. The lowest BCUT2D eigenvalue weighted by molar-refractivity contribution is -0.418. The van der Waals surface area contributed by atoms with Gasteiger partial charge in [0.15, 0.2) is 6.29 Å². The Hall–Kier alpha value is -0.870. The standard InChI is InChI=1S/C11H11F9O6/c12-8(13,9(14,15)10(16,17)11(18,19)20)7-25-4-2(1-21)24-6(23)3(22)5(4)26-7/h2-7,21-23H,1H2/t2-,3+,4-,5+,6?,7+/m1/s1. The zero-order valence-corrected chi connectivity index (χ0v) is 12.1. The van der Waals surface area contributed by atoms with E-state index in [1.54, 1.807) is 0 Å². The molecule has 2 saturated heterocycles. The molecule has 2 rings (SSSR count). The van der Waals surface area contributed by atoms with Gasteiger partial charge in [0.2, 0.25) is 6.29 Å². The van der Waals surface area contributed by atoms with Gasteiger partial charge in [-0.2, -0.15) is 39.5 Å². The summed E-state index contributed by atoms with van der Waals surface area (Å²) in [6, 6.07) is 0. The summed E-state index contributed by atoms with van der Waals surface area (Å²) in [5, 5.41) is 27.8. The molecule has 2 heterocycles. The van der Waals surface area contributed by atoms with Crippen LogP contribution in [0.3, 0.4) is 0 Å². The first kappa shape index (κ1) is 21.4. The SMILES string of the molecule is OC[C@H]1OC(O)[C@@H](O)[C@@H]2O[C@@H](C(F)(F)C(F)(F)C(F)(F)C(F)(F)F)O[C@@H]21. The van der Waals surface area contributed by atoms with Crippen molar-refractivity contribution < 1.29 is 69.0 Å². The van der Waals surface area contributed by atoms with Gasteiger partial charge in [-0.1, -0.05) is 0 Å². The maximum Gasteiger partial charge on any atom is 0.460 e. The third kappa shape index (κ3) is 2.93. The fourth-order valence-corrected chi connectivity index (χ4v) is 2.40. The summed E-state index contributed by atoms with van der Waals surface area (Å²) in [6.07, 6.45) is -20.7. The normalized spacial score (nSPS) is 36.9. The van der Waals surface area contributed by atoms with E-state index in [0.717, 1.165) is 0 Å². The second kappa shape index (κ2) is 6.34. The van der Waals surface area contributed by atoms with Gasteiger partial charge >= 0.3 is 23.9 Å². The van der Waals surface area contributed by atoms with E-state index < -0.39 is 67.5 Å². The molecule has 2 aliphatic rings. The predicted octanol–water partition coefficient (Wildman–Crippen LogP) is 0.635. The zero-order valence-electron chi connectivity index (χ0n) is 12.1. The van der Waals surface area contributed by atoms with Crippen LogP contribution in [0.25, 0.3) is 0 Å². The highest BCUT2D eigenvalue weighted by Crippen LogP contribution is 2.55. The van der Waals surface area contributed by atoms with Gasteiger partial charge in [0.1, 0.15) is 24.4 Å². The number of fused-ring (bicyclic) bond motifs is 1. The van der Waals surface area contributed by atoms with Crippen LogP contribution in [0.1, 0.15) is 0 Å². The van der Waals surface area contributed by atoms with Crippen molar-refractivity contribution in [3.63, 3.8) is 0 Å².